The molecule has 0 bridgehead atoms. The fourth-order valence-electron chi connectivity index (χ4n) is 2.75. The first-order chi connectivity index (χ1) is 10.2. The van der Waals surface area contributed by atoms with E-state index >= 15 is 0 Å². The predicted octanol–water partition coefficient (Wildman–Crippen LogP) is 3.29. The first-order valence-electron chi connectivity index (χ1n) is 7.91. The predicted molar refractivity (Wildman–Crippen MR) is 86.8 cm³/mol. The lowest BCUT2D eigenvalue weighted by molar-refractivity contribution is -0.120. The molecule has 21 heavy (non-hydrogen) atoms. The number of morpholine rings is 1. The molecule has 1 aliphatic heterocycles. The molecule has 1 atom stereocenters. The third-order valence-electron chi connectivity index (χ3n) is 4.19. The van der Waals surface area contributed by atoms with E-state index in [4.69, 9.17) is 4.74 Å². The smallest absolute Gasteiger partial charge is 0.227 e. The van der Waals surface area contributed by atoms with E-state index in [1.54, 1.807) is 0 Å². The highest BCUT2D eigenvalue weighted by molar-refractivity contribution is 5.92. The Hall–Kier alpha value is -1.55. The maximum atomic E-state index is 12.1. The van der Waals surface area contributed by atoms with Crippen molar-refractivity contribution in [3.8, 4) is 0 Å². The molecule has 1 amide bonds. The topological polar surface area (TPSA) is 41.6 Å². The van der Waals surface area contributed by atoms with Crippen molar-refractivity contribution in [1.29, 1.82) is 0 Å². The van der Waals surface area contributed by atoms with Gasteiger partial charge in [-0.25, -0.2) is 0 Å². The van der Waals surface area contributed by atoms with Gasteiger partial charge in [0.15, 0.2) is 0 Å². The molecule has 1 fully saturated rings. The standard InChI is InChI=1S/C17H26N2O2/c1-4-14(5-2)17(20)18-15-6-8-16(9-7-15)19-10-11-21-12-13(19)3/h6-9,13-14H,4-5,10-12H2,1-3H3,(H,18,20). The van der Waals surface area contributed by atoms with E-state index in [-0.39, 0.29) is 11.8 Å². The second-order valence-corrected chi connectivity index (χ2v) is 5.67. The van der Waals surface area contributed by atoms with Crippen LogP contribution in [0.25, 0.3) is 0 Å². The number of benzene rings is 1. The molecular formula is C17H26N2O2. The summed E-state index contributed by atoms with van der Waals surface area (Å²) in [6.45, 7) is 8.74. The summed E-state index contributed by atoms with van der Waals surface area (Å²) >= 11 is 0. The summed E-state index contributed by atoms with van der Waals surface area (Å²) < 4.78 is 5.46. The van der Waals surface area contributed by atoms with Crippen molar-refractivity contribution >= 4 is 17.3 Å². The van der Waals surface area contributed by atoms with Crippen molar-refractivity contribution in [2.45, 2.75) is 39.7 Å². The number of hydrogen-bond acceptors (Lipinski definition) is 3. The normalized spacial score (nSPS) is 18.9. The van der Waals surface area contributed by atoms with Crippen LogP contribution < -0.4 is 10.2 Å². The molecule has 0 radical (unpaired) electrons. The molecule has 0 saturated carbocycles. The largest absolute Gasteiger partial charge is 0.377 e. The Morgan fingerprint density at radius 3 is 2.57 bits per heavy atom. The van der Waals surface area contributed by atoms with Crippen LogP contribution in [0.3, 0.4) is 0 Å². The minimum atomic E-state index is 0.101. The van der Waals surface area contributed by atoms with Gasteiger partial charge >= 0.3 is 0 Å². The first-order valence-corrected chi connectivity index (χ1v) is 7.91. The molecule has 0 aromatic heterocycles. The summed E-state index contributed by atoms with van der Waals surface area (Å²) in [5.74, 6) is 0.219. The lowest BCUT2D eigenvalue weighted by Crippen LogP contribution is -2.43. The maximum absolute atomic E-state index is 12.1. The molecule has 4 nitrogen and oxygen atoms in total. The van der Waals surface area contributed by atoms with Crippen LogP contribution in [0.5, 0.6) is 0 Å². The number of hydrogen-bond donors (Lipinski definition) is 1. The zero-order valence-corrected chi connectivity index (χ0v) is 13.3. The van der Waals surface area contributed by atoms with E-state index in [9.17, 15) is 4.79 Å². The molecule has 4 heteroatoms. The fraction of sp³-hybridized carbons (Fsp3) is 0.588. The van der Waals surface area contributed by atoms with Crippen LogP contribution in [-0.2, 0) is 9.53 Å². The van der Waals surface area contributed by atoms with Crippen molar-refractivity contribution in [3.63, 3.8) is 0 Å². The van der Waals surface area contributed by atoms with Crippen molar-refractivity contribution in [2.24, 2.45) is 5.92 Å². The van der Waals surface area contributed by atoms with Crippen LogP contribution in [0, 0.1) is 5.92 Å². The molecule has 1 aliphatic rings. The number of ether oxygens (including phenoxy) is 1. The van der Waals surface area contributed by atoms with Crippen LogP contribution in [-0.4, -0.2) is 31.7 Å². The van der Waals surface area contributed by atoms with Gasteiger partial charge in [-0.15, -0.1) is 0 Å². The van der Waals surface area contributed by atoms with Crippen molar-refractivity contribution in [3.05, 3.63) is 24.3 Å². The molecule has 1 aromatic rings. The summed E-state index contributed by atoms with van der Waals surface area (Å²) in [5, 5.41) is 3.00. The van der Waals surface area contributed by atoms with Gasteiger partial charge in [0.25, 0.3) is 0 Å². The van der Waals surface area contributed by atoms with Gasteiger partial charge in [-0.3, -0.25) is 4.79 Å². The van der Waals surface area contributed by atoms with Gasteiger partial charge in [0.1, 0.15) is 0 Å². The number of carbonyl (C=O) groups excluding carboxylic acids is 1. The van der Waals surface area contributed by atoms with Crippen LogP contribution >= 0.6 is 0 Å². The number of rotatable bonds is 5. The Bertz CT molecular complexity index is 454. The van der Waals surface area contributed by atoms with E-state index in [0.29, 0.717) is 6.04 Å². The average Bonchev–Trinajstić information content (AvgIpc) is 2.50. The van der Waals surface area contributed by atoms with E-state index in [1.807, 2.05) is 12.1 Å². The van der Waals surface area contributed by atoms with Gasteiger partial charge in [-0.05, 0) is 44.0 Å². The first kappa shape index (κ1) is 15.8. The minimum absolute atomic E-state index is 0.101. The third kappa shape index (κ3) is 3.97. The Morgan fingerprint density at radius 1 is 1.33 bits per heavy atom. The minimum Gasteiger partial charge on any atom is -0.377 e. The molecule has 1 unspecified atom stereocenters. The van der Waals surface area contributed by atoms with Gasteiger partial charge in [0, 0.05) is 29.9 Å². The third-order valence-corrected chi connectivity index (χ3v) is 4.19. The zero-order valence-electron chi connectivity index (χ0n) is 13.3. The highest BCUT2D eigenvalue weighted by atomic mass is 16.5. The Kier molecular flexibility index (Phi) is 5.62. The number of amides is 1. The van der Waals surface area contributed by atoms with Gasteiger partial charge < -0.3 is 15.0 Å². The monoisotopic (exact) mass is 290 g/mol. The molecule has 1 aromatic carbocycles. The highest BCUT2D eigenvalue weighted by Crippen LogP contribution is 2.22. The number of nitrogens with zero attached hydrogens (tertiary/aromatic N) is 1. The summed E-state index contributed by atoms with van der Waals surface area (Å²) in [5.41, 5.74) is 2.06. The van der Waals surface area contributed by atoms with Crippen LogP contribution in [0.2, 0.25) is 0 Å². The Morgan fingerprint density at radius 2 is 2.00 bits per heavy atom. The average molecular weight is 290 g/mol. The number of anilines is 2. The second-order valence-electron chi connectivity index (χ2n) is 5.67. The van der Waals surface area contributed by atoms with Crippen molar-refractivity contribution < 1.29 is 9.53 Å². The van der Waals surface area contributed by atoms with Crippen LogP contribution in [0.15, 0.2) is 24.3 Å². The number of nitrogens with one attached hydrogen (secondary N) is 1. The van der Waals surface area contributed by atoms with Crippen molar-refractivity contribution in [2.75, 3.05) is 30.0 Å². The van der Waals surface area contributed by atoms with Crippen LogP contribution in [0.4, 0.5) is 11.4 Å². The van der Waals surface area contributed by atoms with Crippen molar-refractivity contribution in [1.82, 2.24) is 0 Å². The number of carbonyl (C=O) groups is 1. The van der Waals surface area contributed by atoms with E-state index in [0.717, 1.165) is 38.3 Å². The fourth-order valence-corrected chi connectivity index (χ4v) is 2.75. The molecule has 1 saturated heterocycles. The summed E-state index contributed by atoms with van der Waals surface area (Å²) in [6.07, 6.45) is 1.76. The highest BCUT2D eigenvalue weighted by Gasteiger charge is 2.19. The Balaban J connectivity index is 2.00. The lowest BCUT2D eigenvalue weighted by Gasteiger charge is -2.35. The quantitative estimate of drug-likeness (QED) is 0.904. The van der Waals surface area contributed by atoms with E-state index in [1.165, 1.54) is 5.69 Å². The van der Waals surface area contributed by atoms with Gasteiger partial charge in [0.2, 0.25) is 5.91 Å². The lowest BCUT2D eigenvalue weighted by atomic mass is 10.0. The molecule has 0 aliphatic carbocycles. The maximum Gasteiger partial charge on any atom is 0.227 e. The van der Waals surface area contributed by atoms with E-state index in [2.05, 4.69) is 43.1 Å². The summed E-state index contributed by atoms with van der Waals surface area (Å²) in [6, 6.07) is 8.51. The van der Waals surface area contributed by atoms with Gasteiger partial charge in [-0.2, -0.15) is 0 Å². The SMILES string of the molecule is CCC(CC)C(=O)Nc1ccc(N2CCOCC2C)cc1. The van der Waals surface area contributed by atoms with Gasteiger partial charge in [-0.1, -0.05) is 13.8 Å². The molecule has 2 rings (SSSR count). The summed E-state index contributed by atoms with van der Waals surface area (Å²) in [4.78, 5) is 14.4. The van der Waals surface area contributed by atoms with Gasteiger partial charge in [0.05, 0.1) is 13.2 Å². The molecule has 0 spiro atoms. The summed E-state index contributed by atoms with van der Waals surface area (Å²) in [7, 11) is 0. The molecular weight excluding hydrogens is 264 g/mol. The van der Waals surface area contributed by atoms with Crippen LogP contribution in [0.1, 0.15) is 33.6 Å². The zero-order chi connectivity index (χ0) is 15.2. The molecule has 1 N–H and O–H groups in total. The molecule has 1 heterocycles. The second kappa shape index (κ2) is 7.46. The van der Waals surface area contributed by atoms with E-state index < -0.39 is 0 Å². The Labute approximate surface area is 127 Å². The molecule has 116 valence electrons.